The zero-order chi connectivity index (χ0) is 12.8. The minimum Gasteiger partial charge on any atom is -0.322 e. The minimum atomic E-state index is 0.150. The van der Waals surface area contributed by atoms with E-state index >= 15 is 0 Å². The predicted octanol–water partition coefficient (Wildman–Crippen LogP) is 3.96. The summed E-state index contributed by atoms with van der Waals surface area (Å²) < 4.78 is 2.42. The van der Waals surface area contributed by atoms with Crippen molar-refractivity contribution in [2.24, 2.45) is 5.92 Å². The highest BCUT2D eigenvalue weighted by Crippen LogP contribution is 2.45. The lowest BCUT2D eigenvalue weighted by Gasteiger charge is -2.29. The van der Waals surface area contributed by atoms with Crippen LogP contribution in [0, 0.1) is 5.92 Å². The molecule has 3 heteroatoms. The van der Waals surface area contributed by atoms with Crippen LogP contribution in [0.3, 0.4) is 0 Å². The van der Waals surface area contributed by atoms with E-state index in [1.54, 1.807) is 0 Å². The van der Waals surface area contributed by atoms with E-state index in [1.807, 2.05) is 6.07 Å². The predicted molar refractivity (Wildman–Crippen MR) is 76.2 cm³/mol. The first-order valence-corrected chi connectivity index (χ1v) is 7.21. The Morgan fingerprint density at radius 3 is 2.72 bits per heavy atom. The Balaban J connectivity index is 2.20. The van der Waals surface area contributed by atoms with Gasteiger partial charge in [0.25, 0.3) is 0 Å². The van der Waals surface area contributed by atoms with E-state index in [-0.39, 0.29) is 5.54 Å². The van der Waals surface area contributed by atoms with Crippen molar-refractivity contribution in [1.82, 2.24) is 9.55 Å². The minimum absolute atomic E-state index is 0.150. The third-order valence-corrected chi connectivity index (χ3v) is 4.29. The van der Waals surface area contributed by atoms with E-state index in [2.05, 4.69) is 36.6 Å². The molecule has 0 unspecified atom stereocenters. The molecular formula is C15H19ClN2. The van der Waals surface area contributed by atoms with Gasteiger partial charge in [-0.3, -0.25) is 0 Å². The van der Waals surface area contributed by atoms with E-state index < -0.39 is 0 Å². The molecule has 1 aliphatic carbocycles. The van der Waals surface area contributed by atoms with Crippen LogP contribution in [0.25, 0.3) is 11.0 Å². The standard InChI is InChI=1S/C15H19ClN2/c1-15(2,11-7-8-11)18-13-6-4-3-5-12(13)17-14(18)9-10-16/h3-6,11H,7-10H2,1-2H3. The van der Waals surface area contributed by atoms with Gasteiger partial charge in [0.2, 0.25) is 0 Å². The normalized spacial score (nSPS) is 16.4. The second kappa shape index (κ2) is 4.27. The van der Waals surface area contributed by atoms with E-state index in [0.29, 0.717) is 5.88 Å². The summed E-state index contributed by atoms with van der Waals surface area (Å²) in [6.45, 7) is 4.66. The Bertz CT molecular complexity index is 567. The van der Waals surface area contributed by atoms with Gasteiger partial charge in [-0.15, -0.1) is 11.6 Å². The molecule has 1 aliphatic rings. The number of alkyl halides is 1. The first kappa shape index (κ1) is 12.0. The largest absolute Gasteiger partial charge is 0.322 e. The first-order chi connectivity index (χ1) is 8.64. The molecule has 1 aromatic carbocycles. The van der Waals surface area contributed by atoms with Crippen LogP contribution in [0.4, 0.5) is 0 Å². The maximum absolute atomic E-state index is 5.93. The van der Waals surface area contributed by atoms with Crippen molar-refractivity contribution in [3.8, 4) is 0 Å². The van der Waals surface area contributed by atoms with Gasteiger partial charge in [-0.25, -0.2) is 4.98 Å². The fraction of sp³-hybridized carbons (Fsp3) is 0.533. The molecule has 0 saturated heterocycles. The van der Waals surface area contributed by atoms with E-state index in [9.17, 15) is 0 Å². The molecule has 0 amide bonds. The van der Waals surface area contributed by atoms with Gasteiger partial charge < -0.3 is 4.57 Å². The summed E-state index contributed by atoms with van der Waals surface area (Å²) in [5.41, 5.74) is 2.48. The van der Waals surface area contributed by atoms with Crippen LogP contribution in [-0.4, -0.2) is 15.4 Å². The van der Waals surface area contributed by atoms with Gasteiger partial charge in [0.05, 0.1) is 11.0 Å². The molecule has 2 nitrogen and oxygen atoms in total. The number of halogens is 1. The molecule has 1 saturated carbocycles. The third-order valence-electron chi connectivity index (χ3n) is 4.10. The number of para-hydroxylation sites is 2. The SMILES string of the molecule is CC(C)(C1CC1)n1c(CCCl)nc2ccccc21. The summed E-state index contributed by atoms with van der Waals surface area (Å²) in [7, 11) is 0. The number of hydrogen-bond donors (Lipinski definition) is 0. The Hall–Kier alpha value is -1.02. The van der Waals surface area contributed by atoms with Crippen LogP contribution in [0.1, 0.15) is 32.5 Å². The molecule has 0 aliphatic heterocycles. The van der Waals surface area contributed by atoms with Crippen LogP contribution in [0.5, 0.6) is 0 Å². The summed E-state index contributed by atoms with van der Waals surface area (Å²) in [5.74, 6) is 2.54. The van der Waals surface area contributed by atoms with Crippen molar-refractivity contribution in [3.63, 3.8) is 0 Å². The molecule has 0 radical (unpaired) electrons. The summed E-state index contributed by atoms with van der Waals surface area (Å²) in [4.78, 5) is 4.76. The van der Waals surface area contributed by atoms with Crippen molar-refractivity contribution in [1.29, 1.82) is 0 Å². The van der Waals surface area contributed by atoms with Crippen molar-refractivity contribution in [3.05, 3.63) is 30.1 Å². The fourth-order valence-electron chi connectivity index (χ4n) is 2.94. The van der Waals surface area contributed by atoms with Gasteiger partial charge in [-0.05, 0) is 44.7 Å². The summed E-state index contributed by atoms with van der Waals surface area (Å²) in [6.07, 6.45) is 3.51. The van der Waals surface area contributed by atoms with Crippen LogP contribution in [0.15, 0.2) is 24.3 Å². The molecule has 96 valence electrons. The third kappa shape index (κ3) is 1.83. The second-order valence-corrected chi connectivity index (χ2v) is 6.10. The number of fused-ring (bicyclic) bond motifs is 1. The molecule has 3 rings (SSSR count). The number of benzene rings is 1. The highest BCUT2D eigenvalue weighted by atomic mass is 35.5. The van der Waals surface area contributed by atoms with E-state index in [1.165, 1.54) is 18.4 Å². The summed E-state index contributed by atoms with van der Waals surface area (Å²) >= 11 is 5.93. The van der Waals surface area contributed by atoms with Gasteiger partial charge >= 0.3 is 0 Å². The average molecular weight is 263 g/mol. The second-order valence-electron chi connectivity index (χ2n) is 5.72. The van der Waals surface area contributed by atoms with Gasteiger partial charge in [0, 0.05) is 17.8 Å². The molecule has 0 spiro atoms. The van der Waals surface area contributed by atoms with Gasteiger partial charge in [0.1, 0.15) is 5.82 Å². The molecular weight excluding hydrogens is 244 g/mol. The van der Waals surface area contributed by atoms with Crippen molar-refractivity contribution < 1.29 is 0 Å². The molecule has 1 aromatic heterocycles. The Labute approximate surface area is 113 Å². The Kier molecular flexibility index (Phi) is 2.86. The molecule has 1 heterocycles. The summed E-state index contributed by atoms with van der Waals surface area (Å²) in [6, 6.07) is 8.40. The Morgan fingerprint density at radius 2 is 2.06 bits per heavy atom. The molecule has 0 N–H and O–H groups in total. The first-order valence-electron chi connectivity index (χ1n) is 6.67. The van der Waals surface area contributed by atoms with Gasteiger partial charge in [0.15, 0.2) is 0 Å². The highest BCUT2D eigenvalue weighted by molar-refractivity contribution is 6.17. The fourth-order valence-corrected chi connectivity index (χ4v) is 3.11. The smallest absolute Gasteiger partial charge is 0.111 e. The molecule has 0 bridgehead atoms. The number of aromatic nitrogens is 2. The molecule has 18 heavy (non-hydrogen) atoms. The van der Waals surface area contributed by atoms with Crippen molar-refractivity contribution in [2.45, 2.75) is 38.6 Å². The maximum Gasteiger partial charge on any atom is 0.111 e. The van der Waals surface area contributed by atoms with E-state index in [4.69, 9.17) is 16.6 Å². The zero-order valence-corrected chi connectivity index (χ0v) is 11.7. The zero-order valence-electron chi connectivity index (χ0n) is 11.0. The molecule has 2 aromatic rings. The average Bonchev–Trinajstić information content (AvgIpc) is 3.11. The van der Waals surface area contributed by atoms with E-state index in [0.717, 1.165) is 23.7 Å². The van der Waals surface area contributed by atoms with Crippen molar-refractivity contribution in [2.75, 3.05) is 5.88 Å². The number of rotatable bonds is 4. The molecule has 1 fully saturated rings. The topological polar surface area (TPSA) is 17.8 Å². The Morgan fingerprint density at radius 1 is 1.33 bits per heavy atom. The quantitative estimate of drug-likeness (QED) is 0.763. The summed E-state index contributed by atoms with van der Waals surface area (Å²) in [5, 5.41) is 0. The highest BCUT2D eigenvalue weighted by Gasteiger charge is 2.40. The van der Waals surface area contributed by atoms with Crippen LogP contribution in [0.2, 0.25) is 0 Å². The number of aryl methyl sites for hydroxylation is 1. The van der Waals surface area contributed by atoms with Crippen LogP contribution >= 0.6 is 11.6 Å². The van der Waals surface area contributed by atoms with Gasteiger partial charge in [-0.2, -0.15) is 0 Å². The van der Waals surface area contributed by atoms with Crippen LogP contribution < -0.4 is 0 Å². The monoisotopic (exact) mass is 262 g/mol. The van der Waals surface area contributed by atoms with Crippen molar-refractivity contribution >= 4 is 22.6 Å². The number of nitrogens with zero attached hydrogens (tertiary/aromatic N) is 2. The number of imidazole rings is 1. The maximum atomic E-state index is 5.93. The lowest BCUT2D eigenvalue weighted by Crippen LogP contribution is -2.30. The van der Waals surface area contributed by atoms with Crippen LogP contribution in [-0.2, 0) is 12.0 Å². The van der Waals surface area contributed by atoms with Gasteiger partial charge in [-0.1, -0.05) is 12.1 Å². The lowest BCUT2D eigenvalue weighted by atomic mass is 9.97. The molecule has 0 atom stereocenters. The number of hydrogen-bond acceptors (Lipinski definition) is 1. The lowest BCUT2D eigenvalue weighted by molar-refractivity contribution is 0.305.